The molecule has 0 saturated heterocycles. The van der Waals surface area contributed by atoms with Gasteiger partial charge in [0.05, 0.1) is 5.56 Å². The monoisotopic (exact) mass is 252 g/mol. The second kappa shape index (κ2) is 5.74. The Morgan fingerprint density at radius 1 is 1.37 bits per heavy atom. The van der Waals surface area contributed by atoms with E-state index in [-0.39, 0.29) is 5.91 Å². The Kier molecular flexibility index (Phi) is 3.84. The van der Waals surface area contributed by atoms with Gasteiger partial charge in [-0.2, -0.15) is 5.26 Å². The Balaban J connectivity index is 2.08. The maximum Gasteiger partial charge on any atom is 0.255 e. The van der Waals surface area contributed by atoms with Crippen LogP contribution >= 0.6 is 0 Å². The molecule has 5 heteroatoms. The van der Waals surface area contributed by atoms with Crippen LogP contribution in [0, 0.1) is 11.3 Å². The minimum Gasteiger partial charge on any atom is -0.337 e. The van der Waals surface area contributed by atoms with Gasteiger partial charge in [0.2, 0.25) is 0 Å². The molecule has 0 atom stereocenters. The lowest BCUT2D eigenvalue weighted by Gasteiger charge is -2.16. The van der Waals surface area contributed by atoms with Crippen LogP contribution in [0.2, 0.25) is 0 Å². The largest absolute Gasteiger partial charge is 0.337 e. The van der Waals surface area contributed by atoms with Gasteiger partial charge in [-0.3, -0.25) is 9.78 Å². The highest BCUT2D eigenvalue weighted by Crippen LogP contribution is 2.07. The van der Waals surface area contributed by atoms with Crippen LogP contribution in [0.3, 0.4) is 0 Å². The third kappa shape index (κ3) is 3.13. The molecule has 0 saturated carbocycles. The van der Waals surface area contributed by atoms with Crippen molar-refractivity contribution in [2.24, 2.45) is 0 Å². The molecular formula is C14H12N4O. The Labute approximate surface area is 111 Å². The summed E-state index contributed by atoms with van der Waals surface area (Å²) in [6.07, 6.45) is 4.83. The predicted octanol–water partition coefficient (Wildman–Crippen LogP) is 1.62. The fourth-order valence-electron chi connectivity index (χ4n) is 1.64. The molecule has 0 aliphatic carbocycles. The van der Waals surface area contributed by atoms with E-state index in [9.17, 15) is 4.79 Å². The lowest BCUT2D eigenvalue weighted by Crippen LogP contribution is -2.26. The zero-order valence-electron chi connectivity index (χ0n) is 10.4. The highest BCUT2D eigenvalue weighted by Gasteiger charge is 2.12. The number of rotatable bonds is 3. The molecule has 0 aliphatic heterocycles. The van der Waals surface area contributed by atoms with Gasteiger partial charge in [0, 0.05) is 32.2 Å². The summed E-state index contributed by atoms with van der Waals surface area (Å²) in [5.74, 6) is -0.138. The average molecular weight is 252 g/mol. The number of nitrogens with zero attached hydrogens (tertiary/aromatic N) is 4. The van der Waals surface area contributed by atoms with Crippen molar-refractivity contribution in [3.63, 3.8) is 0 Å². The summed E-state index contributed by atoms with van der Waals surface area (Å²) in [6.45, 7) is 0.479. The van der Waals surface area contributed by atoms with Crippen molar-refractivity contribution in [1.29, 1.82) is 5.26 Å². The van der Waals surface area contributed by atoms with Crippen molar-refractivity contribution in [3.8, 4) is 6.07 Å². The minimum atomic E-state index is -0.138. The molecule has 0 radical (unpaired) electrons. The Morgan fingerprint density at radius 3 is 2.79 bits per heavy atom. The van der Waals surface area contributed by atoms with E-state index < -0.39 is 0 Å². The number of amides is 1. The van der Waals surface area contributed by atoms with E-state index in [0.29, 0.717) is 17.8 Å². The van der Waals surface area contributed by atoms with Crippen molar-refractivity contribution in [2.45, 2.75) is 6.54 Å². The molecule has 2 heterocycles. The molecule has 0 N–H and O–H groups in total. The quantitative estimate of drug-likeness (QED) is 0.832. The second-order valence-electron chi connectivity index (χ2n) is 4.07. The van der Waals surface area contributed by atoms with E-state index in [1.807, 2.05) is 18.2 Å². The fourth-order valence-corrected chi connectivity index (χ4v) is 1.64. The first-order valence-corrected chi connectivity index (χ1v) is 5.71. The van der Waals surface area contributed by atoms with Crippen molar-refractivity contribution in [3.05, 3.63) is 59.7 Å². The van der Waals surface area contributed by atoms with Crippen LogP contribution in [0.5, 0.6) is 0 Å². The van der Waals surface area contributed by atoms with Crippen molar-refractivity contribution in [1.82, 2.24) is 14.9 Å². The van der Waals surface area contributed by atoms with Gasteiger partial charge in [-0.15, -0.1) is 0 Å². The highest BCUT2D eigenvalue weighted by atomic mass is 16.2. The molecule has 0 aliphatic rings. The van der Waals surface area contributed by atoms with Gasteiger partial charge in [-0.1, -0.05) is 6.07 Å². The molecule has 0 fully saturated rings. The van der Waals surface area contributed by atoms with Gasteiger partial charge in [-0.05, 0) is 23.8 Å². The molecule has 2 aromatic rings. The lowest BCUT2D eigenvalue weighted by molar-refractivity contribution is 0.0784. The molecule has 94 valence electrons. The molecule has 0 spiro atoms. The number of hydrogen-bond acceptors (Lipinski definition) is 4. The molecule has 2 aromatic heterocycles. The van der Waals surface area contributed by atoms with Crippen LogP contribution < -0.4 is 0 Å². The molecule has 2 rings (SSSR count). The van der Waals surface area contributed by atoms with Crippen LogP contribution in [0.15, 0.2) is 42.9 Å². The number of carbonyl (C=O) groups is 1. The van der Waals surface area contributed by atoms with E-state index >= 15 is 0 Å². The summed E-state index contributed by atoms with van der Waals surface area (Å²) >= 11 is 0. The summed E-state index contributed by atoms with van der Waals surface area (Å²) in [7, 11) is 1.72. The highest BCUT2D eigenvalue weighted by molar-refractivity contribution is 5.93. The fraction of sp³-hybridized carbons (Fsp3) is 0.143. The normalized spacial score (nSPS) is 9.68. The van der Waals surface area contributed by atoms with Crippen molar-refractivity contribution in [2.75, 3.05) is 7.05 Å². The smallest absolute Gasteiger partial charge is 0.255 e. The van der Waals surface area contributed by atoms with Gasteiger partial charge >= 0.3 is 0 Å². The van der Waals surface area contributed by atoms with Gasteiger partial charge in [0.1, 0.15) is 11.8 Å². The topological polar surface area (TPSA) is 69.9 Å². The van der Waals surface area contributed by atoms with E-state index in [4.69, 9.17) is 5.26 Å². The SMILES string of the molecule is CN(Cc1cccnc1)C(=O)c1ccc(C#N)nc1. The predicted molar refractivity (Wildman–Crippen MR) is 69.0 cm³/mol. The minimum absolute atomic E-state index is 0.138. The maximum absolute atomic E-state index is 12.1. The number of carbonyl (C=O) groups excluding carboxylic acids is 1. The van der Waals surface area contributed by atoms with Gasteiger partial charge in [-0.25, -0.2) is 4.98 Å². The molecule has 1 amide bonds. The zero-order valence-corrected chi connectivity index (χ0v) is 10.4. The Hall–Kier alpha value is -2.74. The van der Waals surface area contributed by atoms with Crippen LogP contribution in [0.4, 0.5) is 0 Å². The van der Waals surface area contributed by atoms with E-state index in [2.05, 4.69) is 9.97 Å². The first kappa shape index (κ1) is 12.7. The van der Waals surface area contributed by atoms with Crippen LogP contribution in [-0.2, 0) is 6.54 Å². The number of pyridine rings is 2. The van der Waals surface area contributed by atoms with Gasteiger partial charge < -0.3 is 4.90 Å². The molecule has 0 bridgehead atoms. The summed E-state index contributed by atoms with van der Waals surface area (Å²) in [5, 5.41) is 8.66. The third-order valence-corrected chi connectivity index (χ3v) is 2.61. The number of nitriles is 1. The standard InChI is InChI=1S/C14H12N4O/c1-18(10-11-3-2-6-16-8-11)14(19)12-4-5-13(7-15)17-9-12/h2-6,8-9H,10H2,1H3. The lowest BCUT2D eigenvalue weighted by atomic mass is 10.2. The molecule has 0 unspecified atom stereocenters. The van der Waals surface area contributed by atoms with Crippen LogP contribution in [-0.4, -0.2) is 27.8 Å². The van der Waals surface area contributed by atoms with Gasteiger partial charge in [0.15, 0.2) is 0 Å². The first-order chi connectivity index (χ1) is 9.20. The van der Waals surface area contributed by atoms with E-state index in [0.717, 1.165) is 5.56 Å². The third-order valence-electron chi connectivity index (χ3n) is 2.61. The van der Waals surface area contributed by atoms with Crippen molar-refractivity contribution < 1.29 is 4.79 Å². The second-order valence-corrected chi connectivity index (χ2v) is 4.07. The molecular weight excluding hydrogens is 240 g/mol. The molecule has 0 aromatic carbocycles. The summed E-state index contributed by atoms with van der Waals surface area (Å²) in [6, 6.07) is 8.80. The average Bonchev–Trinajstić information content (AvgIpc) is 2.47. The first-order valence-electron chi connectivity index (χ1n) is 5.71. The summed E-state index contributed by atoms with van der Waals surface area (Å²) in [4.78, 5) is 21.6. The van der Waals surface area contributed by atoms with Crippen molar-refractivity contribution >= 4 is 5.91 Å². The summed E-state index contributed by atoms with van der Waals surface area (Å²) in [5.41, 5.74) is 1.72. The Morgan fingerprint density at radius 2 is 2.21 bits per heavy atom. The maximum atomic E-state index is 12.1. The number of hydrogen-bond donors (Lipinski definition) is 0. The zero-order chi connectivity index (χ0) is 13.7. The Bertz CT molecular complexity index is 602. The van der Waals surface area contributed by atoms with E-state index in [1.165, 1.54) is 12.3 Å². The summed E-state index contributed by atoms with van der Waals surface area (Å²) < 4.78 is 0. The molecule has 5 nitrogen and oxygen atoms in total. The van der Waals surface area contributed by atoms with E-state index in [1.54, 1.807) is 30.4 Å². The van der Waals surface area contributed by atoms with Crippen LogP contribution in [0.1, 0.15) is 21.6 Å². The number of aromatic nitrogens is 2. The van der Waals surface area contributed by atoms with Crippen LogP contribution in [0.25, 0.3) is 0 Å². The molecule has 19 heavy (non-hydrogen) atoms. The van der Waals surface area contributed by atoms with Gasteiger partial charge in [0.25, 0.3) is 5.91 Å².